The van der Waals surface area contributed by atoms with Gasteiger partial charge in [-0.1, -0.05) is 6.42 Å². The maximum absolute atomic E-state index is 9.11. The molecule has 0 unspecified atom stereocenters. The van der Waals surface area contributed by atoms with Gasteiger partial charge in [-0.2, -0.15) is 0 Å². The Morgan fingerprint density at radius 1 is 1.56 bits per heavy atom. The van der Waals surface area contributed by atoms with Crippen molar-refractivity contribution in [2.24, 2.45) is 0 Å². The Labute approximate surface area is 56.3 Å². The summed E-state index contributed by atoms with van der Waals surface area (Å²) < 4.78 is 0. The third-order valence-electron chi connectivity index (χ3n) is 1.93. The molecule has 9 heavy (non-hydrogen) atoms. The summed E-state index contributed by atoms with van der Waals surface area (Å²) in [6, 6.07) is 0.360. The predicted molar refractivity (Wildman–Crippen MR) is 37.3 cm³/mol. The smallest absolute Gasteiger partial charge is 0.0665 e. The lowest BCUT2D eigenvalue weighted by Crippen LogP contribution is -2.41. The molecule has 0 aromatic heterocycles. The largest absolute Gasteiger partial charge is 0.392 e. The third-order valence-corrected chi connectivity index (χ3v) is 1.93. The minimum absolute atomic E-state index is 0.176. The van der Waals surface area contributed by atoms with Crippen molar-refractivity contribution in [3.8, 4) is 0 Å². The average Bonchev–Trinajstić information content (AvgIpc) is 1.90. The minimum Gasteiger partial charge on any atom is -0.392 e. The number of hydrogen-bond acceptors (Lipinski definition) is 2. The molecule has 2 nitrogen and oxygen atoms in total. The van der Waals surface area contributed by atoms with Crippen molar-refractivity contribution in [2.45, 2.75) is 38.3 Å². The first kappa shape index (κ1) is 7.03. The summed E-state index contributed by atoms with van der Waals surface area (Å²) in [6.45, 7) is 2.93. The van der Waals surface area contributed by atoms with Crippen molar-refractivity contribution in [1.29, 1.82) is 0 Å². The summed E-state index contributed by atoms with van der Waals surface area (Å²) in [5.74, 6) is 0. The highest BCUT2D eigenvalue weighted by molar-refractivity contribution is 4.75. The molecule has 1 fully saturated rings. The van der Waals surface area contributed by atoms with E-state index >= 15 is 0 Å². The van der Waals surface area contributed by atoms with Gasteiger partial charge >= 0.3 is 0 Å². The van der Waals surface area contributed by atoms with E-state index in [2.05, 4.69) is 5.32 Å². The van der Waals surface area contributed by atoms with Crippen molar-refractivity contribution < 1.29 is 5.11 Å². The van der Waals surface area contributed by atoms with E-state index in [1.54, 1.807) is 0 Å². The first-order chi connectivity index (χ1) is 4.30. The number of aliphatic hydroxyl groups excluding tert-OH is 1. The quantitative estimate of drug-likeness (QED) is 0.540. The van der Waals surface area contributed by atoms with Crippen LogP contribution in [0.25, 0.3) is 0 Å². The van der Waals surface area contributed by atoms with Crippen molar-refractivity contribution in [3.63, 3.8) is 0 Å². The van der Waals surface area contributed by atoms with Gasteiger partial charge in [0.05, 0.1) is 6.10 Å². The van der Waals surface area contributed by atoms with Crippen LogP contribution in [0, 0.1) is 0 Å². The predicted octanol–water partition coefficient (Wildman–Crippen LogP) is 0.509. The highest BCUT2D eigenvalue weighted by Crippen LogP contribution is 2.09. The van der Waals surface area contributed by atoms with Gasteiger partial charge < -0.3 is 10.4 Å². The van der Waals surface area contributed by atoms with Gasteiger partial charge in [-0.3, -0.25) is 0 Å². The van der Waals surface area contributed by atoms with E-state index in [1.165, 1.54) is 12.8 Å². The number of hydrogen-bond donors (Lipinski definition) is 2. The van der Waals surface area contributed by atoms with E-state index in [9.17, 15) is 0 Å². The Kier molecular flexibility index (Phi) is 2.49. The Bertz CT molecular complexity index is 77.0. The summed E-state index contributed by atoms with van der Waals surface area (Å²) in [7, 11) is 0. The molecule has 2 heteroatoms. The second-order valence-electron chi connectivity index (χ2n) is 2.80. The van der Waals surface area contributed by atoms with Gasteiger partial charge in [0.2, 0.25) is 0 Å². The monoisotopic (exact) mass is 129 g/mol. The molecular weight excluding hydrogens is 114 g/mol. The fourth-order valence-corrected chi connectivity index (χ4v) is 1.29. The highest BCUT2D eigenvalue weighted by atomic mass is 16.3. The van der Waals surface area contributed by atoms with Gasteiger partial charge in [-0.25, -0.2) is 0 Å². The van der Waals surface area contributed by atoms with E-state index in [-0.39, 0.29) is 6.10 Å². The number of piperidine rings is 1. The molecule has 0 amide bonds. The molecule has 2 atom stereocenters. The zero-order chi connectivity index (χ0) is 6.69. The Hall–Kier alpha value is -0.0800. The molecule has 0 spiro atoms. The lowest BCUT2D eigenvalue weighted by Gasteiger charge is -2.25. The summed E-state index contributed by atoms with van der Waals surface area (Å²) in [6.07, 6.45) is 3.49. The van der Waals surface area contributed by atoms with Crippen LogP contribution in [0.4, 0.5) is 0 Å². The van der Waals surface area contributed by atoms with Gasteiger partial charge in [0.1, 0.15) is 0 Å². The number of rotatable bonds is 1. The van der Waals surface area contributed by atoms with Crippen LogP contribution in [0.1, 0.15) is 26.2 Å². The lowest BCUT2D eigenvalue weighted by atomic mass is 10.0. The third kappa shape index (κ3) is 1.95. The Morgan fingerprint density at radius 3 is 2.67 bits per heavy atom. The second-order valence-corrected chi connectivity index (χ2v) is 2.80. The van der Waals surface area contributed by atoms with Crippen LogP contribution < -0.4 is 5.32 Å². The van der Waals surface area contributed by atoms with Crippen LogP contribution in [0.2, 0.25) is 0 Å². The van der Waals surface area contributed by atoms with Crippen LogP contribution in [0.3, 0.4) is 0 Å². The minimum atomic E-state index is -0.176. The van der Waals surface area contributed by atoms with Crippen molar-refractivity contribution in [1.82, 2.24) is 5.32 Å². The fourth-order valence-electron chi connectivity index (χ4n) is 1.29. The Balaban J connectivity index is 2.23. The molecule has 0 aromatic rings. The fraction of sp³-hybridized carbons (Fsp3) is 1.00. The zero-order valence-electron chi connectivity index (χ0n) is 5.93. The van der Waals surface area contributed by atoms with Crippen LogP contribution in [-0.4, -0.2) is 23.8 Å². The van der Waals surface area contributed by atoms with Gasteiger partial charge in [-0.05, 0) is 26.3 Å². The van der Waals surface area contributed by atoms with E-state index in [0.29, 0.717) is 6.04 Å². The van der Waals surface area contributed by atoms with Crippen LogP contribution in [0.15, 0.2) is 0 Å². The summed E-state index contributed by atoms with van der Waals surface area (Å²) in [5, 5.41) is 12.4. The van der Waals surface area contributed by atoms with Gasteiger partial charge in [-0.15, -0.1) is 0 Å². The molecule has 1 rings (SSSR count). The average molecular weight is 129 g/mol. The van der Waals surface area contributed by atoms with E-state index in [1.807, 2.05) is 6.92 Å². The molecule has 0 aromatic carbocycles. The SMILES string of the molecule is C[C@@H](O)[C@@H]1CCCCN1. The van der Waals surface area contributed by atoms with E-state index in [0.717, 1.165) is 13.0 Å². The Morgan fingerprint density at radius 2 is 2.33 bits per heavy atom. The summed E-state index contributed by atoms with van der Waals surface area (Å²) in [5.41, 5.74) is 0. The van der Waals surface area contributed by atoms with Crippen molar-refractivity contribution in [2.75, 3.05) is 6.54 Å². The van der Waals surface area contributed by atoms with Crippen molar-refractivity contribution in [3.05, 3.63) is 0 Å². The van der Waals surface area contributed by atoms with Gasteiger partial charge in [0, 0.05) is 6.04 Å². The second kappa shape index (κ2) is 3.18. The molecule has 0 bridgehead atoms. The molecule has 1 aliphatic rings. The maximum Gasteiger partial charge on any atom is 0.0665 e. The normalized spacial score (nSPS) is 32.0. The molecule has 2 N–H and O–H groups in total. The molecule has 1 aliphatic heterocycles. The topological polar surface area (TPSA) is 32.3 Å². The summed E-state index contributed by atoms with van der Waals surface area (Å²) in [4.78, 5) is 0. The van der Waals surface area contributed by atoms with Crippen LogP contribution in [-0.2, 0) is 0 Å². The van der Waals surface area contributed by atoms with Crippen LogP contribution >= 0.6 is 0 Å². The maximum atomic E-state index is 9.11. The first-order valence-electron chi connectivity index (χ1n) is 3.72. The number of aliphatic hydroxyl groups is 1. The molecule has 0 aliphatic carbocycles. The molecule has 0 saturated carbocycles. The number of nitrogens with one attached hydrogen (secondary N) is 1. The molecule has 1 saturated heterocycles. The lowest BCUT2D eigenvalue weighted by molar-refractivity contribution is 0.130. The standard InChI is InChI=1S/C7H15NO/c1-6(9)7-4-2-3-5-8-7/h6-9H,2-5H2,1H3/t6-,7+/m1/s1. The van der Waals surface area contributed by atoms with Gasteiger partial charge in [0.15, 0.2) is 0 Å². The van der Waals surface area contributed by atoms with E-state index < -0.39 is 0 Å². The highest BCUT2D eigenvalue weighted by Gasteiger charge is 2.16. The molecule has 1 heterocycles. The van der Waals surface area contributed by atoms with Gasteiger partial charge in [0.25, 0.3) is 0 Å². The van der Waals surface area contributed by atoms with Crippen LogP contribution in [0.5, 0.6) is 0 Å². The van der Waals surface area contributed by atoms with E-state index in [4.69, 9.17) is 5.11 Å². The molecule has 0 radical (unpaired) electrons. The molecule has 54 valence electrons. The molecular formula is C7H15NO. The van der Waals surface area contributed by atoms with Crippen molar-refractivity contribution >= 4 is 0 Å². The zero-order valence-corrected chi connectivity index (χ0v) is 5.93. The first-order valence-corrected chi connectivity index (χ1v) is 3.72. The summed E-state index contributed by atoms with van der Waals surface area (Å²) >= 11 is 0.